The zero-order valence-corrected chi connectivity index (χ0v) is 20.3. The maximum atomic E-state index is 12.7. The first-order chi connectivity index (χ1) is 18.0. The number of aromatic nitrogens is 2. The fourth-order valence-corrected chi connectivity index (χ4v) is 4.31. The molecule has 0 saturated carbocycles. The van der Waals surface area contributed by atoms with Crippen LogP contribution in [-0.4, -0.2) is 22.8 Å². The summed E-state index contributed by atoms with van der Waals surface area (Å²) in [5, 5.41) is 17.4. The molecule has 1 unspecified atom stereocenters. The highest BCUT2D eigenvalue weighted by atomic mass is 16.6. The van der Waals surface area contributed by atoms with Crippen LogP contribution in [0.25, 0.3) is 11.3 Å². The fraction of sp³-hybridized carbons (Fsp3) is 0.138. The van der Waals surface area contributed by atoms with Crippen molar-refractivity contribution in [3.05, 3.63) is 107 Å². The zero-order chi connectivity index (χ0) is 25.9. The van der Waals surface area contributed by atoms with Crippen molar-refractivity contribution in [2.45, 2.75) is 19.8 Å². The lowest BCUT2D eigenvalue weighted by atomic mass is 9.83. The Labute approximate surface area is 213 Å². The monoisotopic (exact) mass is 492 g/mol. The van der Waals surface area contributed by atoms with Crippen molar-refractivity contribution < 1.29 is 19.0 Å². The first-order valence-electron chi connectivity index (χ1n) is 11.8. The molecule has 0 aliphatic carbocycles. The minimum absolute atomic E-state index is 0.0144. The van der Waals surface area contributed by atoms with E-state index in [1.165, 1.54) is 0 Å². The van der Waals surface area contributed by atoms with Crippen LogP contribution in [0, 0.1) is 18.3 Å². The molecule has 0 spiro atoms. The number of nitrogens with two attached hydrogens (primary N) is 1. The first-order valence-corrected chi connectivity index (χ1v) is 11.8. The Balaban J connectivity index is 1.59. The molecule has 0 saturated heterocycles. The van der Waals surface area contributed by atoms with Crippen LogP contribution in [0.15, 0.2) is 84.3 Å². The molecule has 1 atom stereocenters. The number of ether oxygens (including phenoxy) is 3. The molecule has 1 aliphatic heterocycles. The van der Waals surface area contributed by atoms with Crippen LogP contribution in [0.5, 0.6) is 17.4 Å². The van der Waals surface area contributed by atoms with Crippen LogP contribution in [0.1, 0.15) is 39.9 Å². The summed E-state index contributed by atoms with van der Waals surface area (Å²) in [7, 11) is 0. The minimum Gasteiger partial charge on any atom is -0.490 e. The number of fused-ring (bicyclic) bond motifs is 1. The van der Waals surface area contributed by atoms with E-state index < -0.39 is 11.9 Å². The molecule has 8 heteroatoms. The molecule has 0 bridgehead atoms. The molecule has 4 aromatic rings. The molecule has 2 heterocycles. The van der Waals surface area contributed by atoms with Gasteiger partial charge in [-0.15, -0.1) is 5.10 Å². The SMILES string of the molecule is CCOc1cc(C2C(C#N)=C(N)Oc3n[nH]c(-c4ccc(C)cc4)c32)ccc1OC(=O)c1ccccc1. The van der Waals surface area contributed by atoms with Crippen LogP contribution >= 0.6 is 0 Å². The number of H-pyrrole nitrogens is 1. The molecule has 5 rings (SSSR count). The smallest absolute Gasteiger partial charge is 0.343 e. The summed E-state index contributed by atoms with van der Waals surface area (Å²) in [5.41, 5.74) is 10.9. The van der Waals surface area contributed by atoms with E-state index in [1.54, 1.807) is 42.5 Å². The van der Waals surface area contributed by atoms with Crippen LogP contribution in [0.3, 0.4) is 0 Å². The highest BCUT2D eigenvalue weighted by Crippen LogP contribution is 2.47. The lowest BCUT2D eigenvalue weighted by Gasteiger charge is -2.25. The highest BCUT2D eigenvalue weighted by Gasteiger charge is 2.36. The van der Waals surface area contributed by atoms with Gasteiger partial charge in [-0.3, -0.25) is 5.10 Å². The van der Waals surface area contributed by atoms with Gasteiger partial charge in [0.15, 0.2) is 11.5 Å². The van der Waals surface area contributed by atoms with Crippen molar-refractivity contribution in [1.82, 2.24) is 10.2 Å². The maximum absolute atomic E-state index is 12.7. The molecule has 184 valence electrons. The summed E-state index contributed by atoms with van der Waals surface area (Å²) < 4.78 is 17.2. The maximum Gasteiger partial charge on any atom is 0.343 e. The third-order valence-corrected chi connectivity index (χ3v) is 6.09. The number of aromatic amines is 1. The Morgan fingerprint density at radius 1 is 1.11 bits per heavy atom. The van der Waals surface area contributed by atoms with Gasteiger partial charge in [0.1, 0.15) is 11.6 Å². The summed E-state index contributed by atoms with van der Waals surface area (Å²) in [6.07, 6.45) is 0. The number of aryl methyl sites for hydroxylation is 1. The molecule has 0 radical (unpaired) electrons. The summed E-state index contributed by atoms with van der Waals surface area (Å²) in [6.45, 7) is 4.20. The van der Waals surface area contributed by atoms with Gasteiger partial charge >= 0.3 is 5.97 Å². The Morgan fingerprint density at radius 3 is 2.57 bits per heavy atom. The van der Waals surface area contributed by atoms with Gasteiger partial charge < -0.3 is 19.9 Å². The number of rotatable bonds is 6. The molecule has 8 nitrogen and oxygen atoms in total. The van der Waals surface area contributed by atoms with E-state index >= 15 is 0 Å². The van der Waals surface area contributed by atoms with Gasteiger partial charge in [0.2, 0.25) is 11.8 Å². The third-order valence-electron chi connectivity index (χ3n) is 6.09. The van der Waals surface area contributed by atoms with Gasteiger partial charge in [0.05, 0.1) is 29.3 Å². The molecular weight excluding hydrogens is 468 g/mol. The fourth-order valence-electron chi connectivity index (χ4n) is 4.31. The van der Waals surface area contributed by atoms with Gasteiger partial charge in [0.25, 0.3) is 0 Å². The van der Waals surface area contributed by atoms with Crippen molar-refractivity contribution in [2.75, 3.05) is 6.61 Å². The van der Waals surface area contributed by atoms with Gasteiger partial charge in [-0.25, -0.2) is 4.79 Å². The van der Waals surface area contributed by atoms with Gasteiger partial charge in [-0.2, -0.15) is 5.26 Å². The Kier molecular flexibility index (Phi) is 6.35. The van der Waals surface area contributed by atoms with E-state index in [1.807, 2.05) is 44.2 Å². The van der Waals surface area contributed by atoms with Crippen molar-refractivity contribution in [3.63, 3.8) is 0 Å². The van der Waals surface area contributed by atoms with Crippen molar-refractivity contribution in [3.8, 4) is 34.7 Å². The number of nitrogens with one attached hydrogen (secondary N) is 1. The summed E-state index contributed by atoms with van der Waals surface area (Å²) in [4.78, 5) is 12.7. The van der Waals surface area contributed by atoms with E-state index in [4.69, 9.17) is 19.9 Å². The van der Waals surface area contributed by atoms with Crippen LogP contribution < -0.4 is 19.9 Å². The molecule has 0 amide bonds. The second kappa shape index (κ2) is 9.91. The Morgan fingerprint density at radius 2 is 1.86 bits per heavy atom. The molecule has 3 N–H and O–H groups in total. The summed E-state index contributed by atoms with van der Waals surface area (Å²) in [5.74, 6) is -0.154. The minimum atomic E-state index is -0.582. The van der Waals surface area contributed by atoms with Gasteiger partial charge in [-0.05, 0) is 43.7 Å². The van der Waals surface area contributed by atoms with E-state index in [2.05, 4.69) is 16.3 Å². The molecule has 1 aliphatic rings. The number of hydrogen-bond donors (Lipinski definition) is 2. The lowest BCUT2D eigenvalue weighted by molar-refractivity contribution is 0.0728. The quantitative estimate of drug-likeness (QED) is 0.279. The van der Waals surface area contributed by atoms with Crippen molar-refractivity contribution in [2.24, 2.45) is 5.73 Å². The number of benzene rings is 3. The highest BCUT2D eigenvalue weighted by molar-refractivity contribution is 5.91. The first kappa shape index (κ1) is 23.7. The number of nitriles is 1. The van der Waals surface area contributed by atoms with E-state index in [9.17, 15) is 10.1 Å². The number of allylic oxidation sites excluding steroid dienone is 1. The van der Waals surface area contributed by atoms with Gasteiger partial charge in [0, 0.05) is 5.56 Å². The number of carbonyl (C=O) groups is 1. The average Bonchev–Trinajstić information content (AvgIpc) is 3.33. The van der Waals surface area contributed by atoms with Crippen LogP contribution in [0.2, 0.25) is 0 Å². The topological polar surface area (TPSA) is 123 Å². The zero-order valence-electron chi connectivity index (χ0n) is 20.3. The molecule has 37 heavy (non-hydrogen) atoms. The summed E-state index contributed by atoms with van der Waals surface area (Å²) >= 11 is 0. The molecule has 0 fully saturated rings. The molecule has 1 aromatic heterocycles. The average molecular weight is 493 g/mol. The van der Waals surface area contributed by atoms with Gasteiger partial charge in [-0.1, -0.05) is 54.1 Å². The number of hydrogen-bond acceptors (Lipinski definition) is 7. The molecule has 3 aromatic carbocycles. The second-order valence-corrected chi connectivity index (χ2v) is 8.50. The standard InChI is InChI=1S/C29H24N4O4/c1-3-35-23-15-20(13-14-22(23)36-29(34)19-7-5-4-6-8-19)24-21(16-30)27(31)37-28-25(24)26(32-33-28)18-11-9-17(2)10-12-18/h4-15,24H,3,31H2,1-2H3,(H,32,33). The van der Waals surface area contributed by atoms with Crippen molar-refractivity contribution >= 4 is 5.97 Å². The largest absolute Gasteiger partial charge is 0.490 e. The second-order valence-electron chi connectivity index (χ2n) is 8.50. The van der Waals surface area contributed by atoms with Crippen molar-refractivity contribution in [1.29, 1.82) is 5.26 Å². The summed E-state index contributed by atoms with van der Waals surface area (Å²) in [6, 6.07) is 24.1. The predicted molar refractivity (Wildman–Crippen MR) is 137 cm³/mol. The number of carbonyl (C=O) groups excluding carboxylic acids is 1. The number of esters is 1. The lowest BCUT2D eigenvalue weighted by Crippen LogP contribution is -2.21. The molecular formula is C29H24N4O4. The normalized spacial score (nSPS) is 14.4. The van der Waals surface area contributed by atoms with E-state index in [0.29, 0.717) is 34.9 Å². The number of nitrogens with zero attached hydrogens (tertiary/aromatic N) is 2. The predicted octanol–water partition coefficient (Wildman–Crippen LogP) is 5.22. The van der Waals surface area contributed by atoms with E-state index in [0.717, 1.165) is 16.8 Å². The van der Waals surface area contributed by atoms with Crippen LogP contribution in [0.4, 0.5) is 0 Å². The Bertz CT molecular complexity index is 1530. The third kappa shape index (κ3) is 4.50. The van der Waals surface area contributed by atoms with E-state index in [-0.39, 0.29) is 17.2 Å². The van der Waals surface area contributed by atoms with Crippen LogP contribution in [-0.2, 0) is 0 Å². The Hall–Kier alpha value is -5.03.